The maximum absolute atomic E-state index is 4.10. The summed E-state index contributed by atoms with van der Waals surface area (Å²) in [5.41, 5.74) is 8.75. The lowest BCUT2D eigenvalue weighted by Crippen LogP contribution is -2.10. The summed E-state index contributed by atoms with van der Waals surface area (Å²) in [4.78, 5) is 2.38. The fourth-order valence-electron chi connectivity index (χ4n) is 5.75. The largest absolute Gasteiger partial charge is 0.310 e. The van der Waals surface area contributed by atoms with Crippen molar-refractivity contribution >= 4 is 33.9 Å². The van der Waals surface area contributed by atoms with Crippen molar-refractivity contribution in [3.05, 3.63) is 133 Å². The third-order valence-corrected chi connectivity index (χ3v) is 7.54. The van der Waals surface area contributed by atoms with Gasteiger partial charge in [0.25, 0.3) is 0 Å². The van der Waals surface area contributed by atoms with Gasteiger partial charge in [-0.1, -0.05) is 104 Å². The van der Waals surface area contributed by atoms with Crippen molar-refractivity contribution in [2.45, 2.75) is 31.6 Å². The topological polar surface area (TPSA) is 3.24 Å². The second-order valence-electron chi connectivity index (χ2n) is 9.75. The Kier molecular flexibility index (Phi) is 6.13. The molecule has 0 aromatic heterocycles. The molecule has 0 heterocycles. The Morgan fingerprint density at radius 3 is 1.94 bits per heavy atom. The van der Waals surface area contributed by atoms with Gasteiger partial charge >= 0.3 is 0 Å². The van der Waals surface area contributed by atoms with Gasteiger partial charge in [-0.15, -0.1) is 0 Å². The van der Waals surface area contributed by atoms with E-state index < -0.39 is 0 Å². The van der Waals surface area contributed by atoms with Crippen LogP contribution in [-0.4, -0.2) is 0 Å². The van der Waals surface area contributed by atoms with Crippen LogP contribution >= 0.6 is 0 Å². The second kappa shape index (κ2) is 9.87. The molecule has 0 atom stereocenters. The van der Waals surface area contributed by atoms with Gasteiger partial charge in [0.15, 0.2) is 0 Å². The van der Waals surface area contributed by atoms with Crippen molar-refractivity contribution in [1.29, 1.82) is 0 Å². The molecule has 36 heavy (non-hydrogen) atoms. The van der Waals surface area contributed by atoms with E-state index in [9.17, 15) is 0 Å². The molecule has 0 saturated heterocycles. The van der Waals surface area contributed by atoms with Crippen molar-refractivity contribution < 1.29 is 0 Å². The Labute approximate surface area is 214 Å². The van der Waals surface area contributed by atoms with E-state index in [4.69, 9.17) is 0 Å². The van der Waals surface area contributed by atoms with Crippen LogP contribution in [-0.2, 0) is 0 Å². The van der Waals surface area contributed by atoms with Crippen LogP contribution in [0.25, 0.3) is 28.0 Å². The van der Waals surface area contributed by atoms with E-state index in [1.807, 2.05) is 6.08 Å². The number of para-hydroxylation sites is 2. The second-order valence-corrected chi connectivity index (χ2v) is 9.75. The van der Waals surface area contributed by atoms with E-state index >= 15 is 0 Å². The first-order valence-electron chi connectivity index (χ1n) is 13.0. The van der Waals surface area contributed by atoms with Crippen LogP contribution in [0.3, 0.4) is 0 Å². The lowest BCUT2D eigenvalue weighted by atomic mass is 9.89. The van der Waals surface area contributed by atoms with Gasteiger partial charge in [0, 0.05) is 16.8 Å². The van der Waals surface area contributed by atoms with Crippen LogP contribution in [0, 0.1) is 0 Å². The molecule has 0 amide bonds. The molecule has 0 bridgehead atoms. The molecule has 1 saturated carbocycles. The maximum atomic E-state index is 4.10. The fourth-order valence-corrected chi connectivity index (χ4v) is 5.75. The van der Waals surface area contributed by atoms with Crippen LogP contribution in [0.15, 0.2) is 122 Å². The van der Waals surface area contributed by atoms with Gasteiger partial charge < -0.3 is 4.90 Å². The minimum atomic E-state index is 0.642. The number of nitrogens with zero attached hydrogens (tertiary/aromatic N) is 1. The summed E-state index contributed by atoms with van der Waals surface area (Å²) in [7, 11) is 0. The monoisotopic (exact) mass is 465 g/mol. The van der Waals surface area contributed by atoms with Gasteiger partial charge in [0.1, 0.15) is 0 Å². The quantitative estimate of drug-likeness (QED) is 0.241. The van der Waals surface area contributed by atoms with E-state index in [1.165, 1.54) is 64.4 Å². The molecule has 6 rings (SSSR count). The highest BCUT2D eigenvalue weighted by Crippen LogP contribution is 2.43. The summed E-state index contributed by atoms with van der Waals surface area (Å²) in [5, 5.41) is 2.49. The Hall–Kier alpha value is -4.10. The van der Waals surface area contributed by atoms with Crippen molar-refractivity contribution in [3.8, 4) is 11.1 Å². The third kappa shape index (κ3) is 4.22. The highest BCUT2D eigenvalue weighted by molar-refractivity contribution is 6.02. The SMILES string of the molecule is C=Cc1ccc(-c2cc(N(c3ccccc3)c3ccccc3)c3ccccc3c2)cc1C1CCCC1. The number of fused-ring (bicyclic) bond motifs is 1. The molecular weight excluding hydrogens is 434 g/mol. The summed E-state index contributed by atoms with van der Waals surface area (Å²) >= 11 is 0. The molecule has 176 valence electrons. The summed E-state index contributed by atoms with van der Waals surface area (Å²) in [6.45, 7) is 4.10. The third-order valence-electron chi connectivity index (χ3n) is 7.54. The first-order valence-corrected chi connectivity index (χ1v) is 13.0. The lowest BCUT2D eigenvalue weighted by Gasteiger charge is -2.27. The Morgan fingerprint density at radius 2 is 1.28 bits per heavy atom. The van der Waals surface area contributed by atoms with Crippen molar-refractivity contribution in [3.63, 3.8) is 0 Å². The standard InChI is InChI=1S/C35H31N/c1-2-26-21-22-28(24-34(26)27-13-9-10-14-27)30-23-29-15-11-12-20-33(29)35(25-30)36(31-16-5-3-6-17-31)32-18-7-4-8-19-32/h2-8,11-12,15-25,27H,1,9-10,13-14H2. The predicted octanol–water partition coefficient (Wildman–Crippen LogP) is 10.3. The van der Waals surface area contributed by atoms with Crippen LogP contribution in [0.2, 0.25) is 0 Å². The van der Waals surface area contributed by atoms with Gasteiger partial charge in [-0.05, 0) is 82.8 Å². The first kappa shape index (κ1) is 22.4. The van der Waals surface area contributed by atoms with E-state index in [1.54, 1.807) is 0 Å². The van der Waals surface area contributed by atoms with Gasteiger partial charge in [-0.25, -0.2) is 0 Å². The molecule has 0 aliphatic heterocycles. The smallest absolute Gasteiger partial charge is 0.0546 e. The minimum Gasteiger partial charge on any atom is -0.310 e. The molecule has 5 aromatic carbocycles. The minimum absolute atomic E-state index is 0.642. The normalized spacial score (nSPS) is 13.7. The molecule has 0 N–H and O–H groups in total. The van der Waals surface area contributed by atoms with Gasteiger partial charge in [0.2, 0.25) is 0 Å². The molecule has 1 heteroatoms. The molecule has 1 fully saturated rings. The predicted molar refractivity (Wildman–Crippen MR) is 155 cm³/mol. The van der Waals surface area contributed by atoms with Crippen molar-refractivity contribution in [1.82, 2.24) is 0 Å². The van der Waals surface area contributed by atoms with Crippen LogP contribution in [0.4, 0.5) is 17.1 Å². The number of rotatable bonds is 6. The highest BCUT2D eigenvalue weighted by Gasteiger charge is 2.21. The van der Waals surface area contributed by atoms with Crippen LogP contribution < -0.4 is 4.90 Å². The molecule has 1 nitrogen and oxygen atoms in total. The maximum Gasteiger partial charge on any atom is 0.0546 e. The number of anilines is 3. The molecule has 0 spiro atoms. The zero-order chi connectivity index (χ0) is 24.3. The number of hydrogen-bond acceptors (Lipinski definition) is 1. The molecule has 0 radical (unpaired) electrons. The Morgan fingerprint density at radius 1 is 0.639 bits per heavy atom. The van der Waals surface area contributed by atoms with Gasteiger partial charge in [0.05, 0.1) is 5.69 Å². The first-order chi connectivity index (χ1) is 17.8. The number of benzene rings is 5. The van der Waals surface area contributed by atoms with Gasteiger partial charge in [-0.3, -0.25) is 0 Å². The summed E-state index contributed by atoms with van der Waals surface area (Å²) in [6.07, 6.45) is 7.24. The zero-order valence-electron chi connectivity index (χ0n) is 20.6. The van der Waals surface area contributed by atoms with E-state index in [-0.39, 0.29) is 0 Å². The van der Waals surface area contributed by atoms with Gasteiger partial charge in [-0.2, -0.15) is 0 Å². The average Bonchev–Trinajstić information content (AvgIpc) is 3.49. The fraction of sp³-hybridized carbons (Fsp3) is 0.143. The zero-order valence-corrected chi connectivity index (χ0v) is 20.6. The van der Waals surface area contributed by atoms with E-state index in [0.717, 1.165) is 11.4 Å². The van der Waals surface area contributed by atoms with E-state index in [2.05, 4.69) is 127 Å². The summed E-state index contributed by atoms with van der Waals surface area (Å²) < 4.78 is 0. The summed E-state index contributed by atoms with van der Waals surface area (Å²) in [6, 6.07) is 41.7. The Balaban J connectivity index is 1.57. The molecule has 0 unspecified atom stereocenters. The lowest BCUT2D eigenvalue weighted by molar-refractivity contribution is 0.722. The van der Waals surface area contributed by atoms with Crippen molar-refractivity contribution in [2.75, 3.05) is 4.90 Å². The Bertz CT molecular complexity index is 1460. The van der Waals surface area contributed by atoms with Crippen LogP contribution in [0.1, 0.15) is 42.7 Å². The van der Waals surface area contributed by atoms with E-state index in [0.29, 0.717) is 5.92 Å². The van der Waals surface area contributed by atoms with Crippen molar-refractivity contribution in [2.24, 2.45) is 0 Å². The summed E-state index contributed by atoms with van der Waals surface area (Å²) in [5.74, 6) is 0.642. The highest BCUT2D eigenvalue weighted by atomic mass is 15.1. The van der Waals surface area contributed by atoms with Crippen LogP contribution in [0.5, 0.6) is 0 Å². The molecular formula is C35H31N. The molecule has 1 aliphatic rings. The average molecular weight is 466 g/mol. The molecule has 1 aliphatic carbocycles. The number of hydrogen-bond donors (Lipinski definition) is 0. The molecule has 5 aromatic rings.